The van der Waals surface area contributed by atoms with Crippen molar-refractivity contribution in [2.24, 2.45) is 0 Å². The van der Waals surface area contributed by atoms with E-state index in [0.29, 0.717) is 6.04 Å². The molecule has 6 nitrogen and oxygen atoms in total. The summed E-state index contributed by atoms with van der Waals surface area (Å²) in [6, 6.07) is 0.465. The van der Waals surface area contributed by atoms with Crippen LogP contribution in [0.1, 0.15) is 36.0 Å². The van der Waals surface area contributed by atoms with Crippen LogP contribution in [0.2, 0.25) is 0 Å². The summed E-state index contributed by atoms with van der Waals surface area (Å²) in [6.07, 6.45) is 2.46. The van der Waals surface area contributed by atoms with Crippen LogP contribution in [0.15, 0.2) is 0 Å². The van der Waals surface area contributed by atoms with E-state index in [0.717, 1.165) is 62.4 Å². The molecule has 0 aliphatic carbocycles. The highest BCUT2D eigenvalue weighted by Gasteiger charge is 2.22. The van der Waals surface area contributed by atoms with Gasteiger partial charge in [0.25, 0.3) is 0 Å². The average molecular weight is 390 g/mol. The minimum atomic E-state index is 0.465. The predicted molar refractivity (Wildman–Crippen MR) is 112 cm³/mol. The first kappa shape index (κ1) is 19.1. The highest BCUT2D eigenvalue weighted by molar-refractivity contribution is 7.18. The van der Waals surface area contributed by atoms with Crippen LogP contribution in [0.4, 0.5) is 5.82 Å². The van der Waals surface area contributed by atoms with Gasteiger partial charge >= 0.3 is 0 Å². The zero-order valence-electron chi connectivity index (χ0n) is 16.8. The SMILES string of the molecule is CCN1CCCC(Nc2nc(CN3CCOCC3)nc3sc(C)c(C)c23)C1. The molecule has 4 heterocycles. The number of anilines is 1. The molecule has 1 atom stereocenters. The van der Waals surface area contributed by atoms with Gasteiger partial charge in [0, 0.05) is 30.6 Å². The van der Waals surface area contributed by atoms with Crippen LogP contribution in [-0.2, 0) is 11.3 Å². The first-order valence-corrected chi connectivity index (χ1v) is 11.0. The highest BCUT2D eigenvalue weighted by Crippen LogP contribution is 2.34. The molecule has 2 aliphatic rings. The van der Waals surface area contributed by atoms with Gasteiger partial charge in [-0.05, 0) is 45.3 Å². The minimum absolute atomic E-state index is 0.465. The van der Waals surface area contributed by atoms with E-state index in [1.54, 1.807) is 11.3 Å². The molecule has 4 rings (SSSR count). The molecule has 0 spiro atoms. The summed E-state index contributed by atoms with van der Waals surface area (Å²) in [5.74, 6) is 1.96. The van der Waals surface area contributed by atoms with Crippen LogP contribution in [-0.4, -0.2) is 71.7 Å². The first-order chi connectivity index (χ1) is 13.1. The summed E-state index contributed by atoms with van der Waals surface area (Å²) in [5, 5.41) is 5.01. The second-order valence-corrected chi connectivity index (χ2v) is 8.92. The molecule has 2 aliphatic heterocycles. The van der Waals surface area contributed by atoms with Crippen molar-refractivity contribution in [1.29, 1.82) is 0 Å². The molecule has 2 fully saturated rings. The number of likely N-dealkylation sites (tertiary alicyclic amines) is 1. The van der Waals surface area contributed by atoms with Gasteiger partial charge in [0.1, 0.15) is 16.5 Å². The van der Waals surface area contributed by atoms with Crippen molar-refractivity contribution in [3.8, 4) is 0 Å². The third-order valence-corrected chi connectivity index (χ3v) is 6.94. The number of piperidine rings is 1. The van der Waals surface area contributed by atoms with E-state index in [4.69, 9.17) is 14.7 Å². The van der Waals surface area contributed by atoms with Crippen LogP contribution >= 0.6 is 11.3 Å². The predicted octanol–water partition coefficient (Wildman–Crippen LogP) is 3.04. The normalized spacial score (nSPS) is 22.4. The van der Waals surface area contributed by atoms with Crippen molar-refractivity contribution in [3.63, 3.8) is 0 Å². The maximum Gasteiger partial charge on any atom is 0.146 e. The van der Waals surface area contributed by atoms with Crippen LogP contribution in [0.25, 0.3) is 10.2 Å². The van der Waals surface area contributed by atoms with Gasteiger partial charge in [0.15, 0.2) is 0 Å². The first-order valence-electron chi connectivity index (χ1n) is 10.2. The third kappa shape index (κ3) is 4.26. The van der Waals surface area contributed by atoms with E-state index in [1.165, 1.54) is 35.2 Å². The Bertz CT molecular complexity index is 786. The number of nitrogens with zero attached hydrogens (tertiary/aromatic N) is 4. The van der Waals surface area contributed by atoms with Crippen molar-refractivity contribution >= 4 is 27.4 Å². The maximum atomic E-state index is 5.47. The number of likely N-dealkylation sites (N-methyl/N-ethyl adjacent to an activating group) is 1. The van der Waals surface area contributed by atoms with Gasteiger partial charge < -0.3 is 15.0 Å². The highest BCUT2D eigenvalue weighted by atomic mass is 32.1. The summed E-state index contributed by atoms with van der Waals surface area (Å²) < 4.78 is 5.47. The average Bonchev–Trinajstić information content (AvgIpc) is 2.97. The molecule has 0 saturated carbocycles. The molecule has 0 radical (unpaired) electrons. The second kappa shape index (κ2) is 8.39. The van der Waals surface area contributed by atoms with E-state index in [-0.39, 0.29) is 0 Å². The quantitative estimate of drug-likeness (QED) is 0.848. The van der Waals surface area contributed by atoms with Crippen LogP contribution < -0.4 is 5.32 Å². The summed E-state index contributed by atoms with van der Waals surface area (Å²) in [5.41, 5.74) is 1.32. The van der Waals surface area contributed by atoms with Gasteiger partial charge in [-0.1, -0.05) is 6.92 Å². The topological polar surface area (TPSA) is 53.5 Å². The molecule has 0 amide bonds. The Morgan fingerprint density at radius 3 is 2.74 bits per heavy atom. The Kier molecular flexibility index (Phi) is 5.92. The van der Waals surface area contributed by atoms with E-state index in [9.17, 15) is 0 Å². The van der Waals surface area contributed by atoms with Crippen molar-refractivity contribution in [2.75, 3.05) is 51.3 Å². The van der Waals surface area contributed by atoms with Crippen LogP contribution in [0, 0.1) is 13.8 Å². The van der Waals surface area contributed by atoms with E-state index >= 15 is 0 Å². The number of ether oxygens (including phenoxy) is 1. The molecule has 27 heavy (non-hydrogen) atoms. The lowest BCUT2D eigenvalue weighted by molar-refractivity contribution is 0.0331. The number of nitrogens with one attached hydrogen (secondary N) is 1. The van der Waals surface area contributed by atoms with Crippen LogP contribution in [0.3, 0.4) is 0 Å². The Morgan fingerprint density at radius 2 is 1.96 bits per heavy atom. The number of thiophene rings is 1. The van der Waals surface area contributed by atoms with Crippen LogP contribution in [0.5, 0.6) is 0 Å². The van der Waals surface area contributed by atoms with Gasteiger partial charge in [-0.15, -0.1) is 11.3 Å². The Labute approximate surface area is 165 Å². The fourth-order valence-corrected chi connectivity index (χ4v) is 5.13. The van der Waals surface area contributed by atoms with Gasteiger partial charge in [0.05, 0.1) is 25.1 Å². The van der Waals surface area contributed by atoms with Crippen molar-refractivity contribution in [3.05, 3.63) is 16.3 Å². The molecule has 0 bridgehead atoms. The molecule has 1 N–H and O–H groups in total. The Balaban J connectivity index is 1.62. The molecular formula is C20H31N5OS. The monoisotopic (exact) mass is 389 g/mol. The number of aromatic nitrogens is 2. The molecule has 2 aromatic rings. The molecule has 2 saturated heterocycles. The van der Waals surface area contributed by atoms with Gasteiger partial charge in [-0.25, -0.2) is 9.97 Å². The number of hydrogen-bond donors (Lipinski definition) is 1. The maximum absolute atomic E-state index is 5.47. The number of aryl methyl sites for hydroxylation is 2. The number of hydrogen-bond acceptors (Lipinski definition) is 7. The van der Waals surface area contributed by atoms with E-state index in [2.05, 4.69) is 35.9 Å². The zero-order chi connectivity index (χ0) is 18.8. The number of rotatable bonds is 5. The summed E-state index contributed by atoms with van der Waals surface area (Å²) in [4.78, 5) is 17.3. The second-order valence-electron chi connectivity index (χ2n) is 7.72. The van der Waals surface area contributed by atoms with E-state index in [1.807, 2.05) is 0 Å². The third-order valence-electron chi connectivity index (χ3n) is 5.84. The van der Waals surface area contributed by atoms with Gasteiger partial charge in [-0.2, -0.15) is 0 Å². The minimum Gasteiger partial charge on any atom is -0.379 e. The Hall–Kier alpha value is -1.28. The standard InChI is InChI=1S/C20H31N5OS/c1-4-24-7-5-6-16(12-24)21-19-18-14(2)15(3)27-20(18)23-17(22-19)13-25-8-10-26-11-9-25/h16H,4-13H2,1-3H3,(H,21,22,23). The zero-order valence-corrected chi connectivity index (χ0v) is 17.6. The van der Waals surface area contributed by atoms with Gasteiger partial charge in [-0.3, -0.25) is 4.90 Å². The lowest BCUT2D eigenvalue weighted by Gasteiger charge is -2.32. The molecule has 2 aromatic heterocycles. The lowest BCUT2D eigenvalue weighted by atomic mass is 10.1. The fourth-order valence-electron chi connectivity index (χ4n) is 4.08. The molecule has 7 heteroatoms. The number of fused-ring (bicyclic) bond motifs is 1. The summed E-state index contributed by atoms with van der Waals surface area (Å²) >= 11 is 1.79. The summed E-state index contributed by atoms with van der Waals surface area (Å²) in [6.45, 7) is 14.4. The molecule has 1 unspecified atom stereocenters. The fraction of sp³-hybridized carbons (Fsp3) is 0.700. The van der Waals surface area contributed by atoms with Crippen molar-refractivity contribution < 1.29 is 4.74 Å². The number of morpholine rings is 1. The largest absolute Gasteiger partial charge is 0.379 e. The van der Waals surface area contributed by atoms with Gasteiger partial charge in [0.2, 0.25) is 0 Å². The van der Waals surface area contributed by atoms with E-state index < -0.39 is 0 Å². The molecular weight excluding hydrogens is 358 g/mol. The molecule has 0 aromatic carbocycles. The summed E-state index contributed by atoms with van der Waals surface area (Å²) in [7, 11) is 0. The Morgan fingerprint density at radius 1 is 1.15 bits per heavy atom. The smallest absolute Gasteiger partial charge is 0.146 e. The van der Waals surface area contributed by atoms with Crippen molar-refractivity contribution in [1.82, 2.24) is 19.8 Å². The lowest BCUT2D eigenvalue weighted by Crippen LogP contribution is -2.42. The van der Waals surface area contributed by atoms with Crippen molar-refractivity contribution in [2.45, 2.75) is 46.2 Å². The molecule has 148 valence electrons.